The van der Waals surface area contributed by atoms with E-state index < -0.39 is 0 Å². The van der Waals surface area contributed by atoms with Crippen LogP contribution in [0, 0.1) is 5.82 Å². The molecule has 172 valence electrons. The standard InChI is InChI=1S/C26H22BrFN4OS/c1-31(2)17-7-9-18(10-8-17)32-25(24(30-26(32)34)21-5-3-4-14-29-21)23-13-12-22(33-23)19-11-6-16(27)15-20(19)28/h3-15,24-25H,1-2H3,(H,30,34)/t24-,25+/m1/s1. The molecule has 0 spiro atoms. The third-order valence-corrected chi connectivity index (χ3v) is 6.67. The lowest BCUT2D eigenvalue weighted by atomic mass is 10.0. The summed E-state index contributed by atoms with van der Waals surface area (Å²) in [6.45, 7) is 0. The lowest BCUT2D eigenvalue weighted by Crippen LogP contribution is -2.29. The Bertz CT molecular complexity index is 1330. The summed E-state index contributed by atoms with van der Waals surface area (Å²) < 4.78 is 21.6. The van der Waals surface area contributed by atoms with Crippen LogP contribution in [0.25, 0.3) is 11.3 Å². The van der Waals surface area contributed by atoms with Crippen molar-refractivity contribution >= 4 is 44.6 Å². The molecule has 34 heavy (non-hydrogen) atoms. The van der Waals surface area contributed by atoms with E-state index in [9.17, 15) is 4.39 Å². The molecular weight excluding hydrogens is 515 g/mol. The second-order valence-electron chi connectivity index (χ2n) is 8.23. The maximum absolute atomic E-state index is 14.6. The molecule has 2 aromatic heterocycles. The highest BCUT2D eigenvalue weighted by atomic mass is 79.9. The van der Waals surface area contributed by atoms with E-state index in [1.54, 1.807) is 24.4 Å². The van der Waals surface area contributed by atoms with Gasteiger partial charge in [-0.3, -0.25) is 4.98 Å². The number of hydrogen-bond acceptors (Lipinski definition) is 4. The molecule has 1 saturated heterocycles. The second-order valence-corrected chi connectivity index (χ2v) is 9.54. The van der Waals surface area contributed by atoms with E-state index in [-0.39, 0.29) is 17.9 Å². The van der Waals surface area contributed by atoms with E-state index in [0.29, 0.717) is 26.7 Å². The second kappa shape index (κ2) is 9.19. The molecule has 0 bridgehead atoms. The average molecular weight is 537 g/mol. The van der Waals surface area contributed by atoms with Crippen LogP contribution < -0.4 is 15.1 Å². The first kappa shape index (κ1) is 22.6. The fourth-order valence-corrected chi connectivity index (χ4v) is 4.86. The number of nitrogens with zero attached hydrogens (tertiary/aromatic N) is 3. The molecular formula is C26H22BrFN4OS. The molecule has 8 heteroatoms. The Morgan fingerprint density at radius 2 is 1.85 bits per heavy atom. The van der Waals surface area contributed by atoms with Crippen LogP contribution in [0.15, 0.2) is 87.9 Å². The van der Waals surface area contributed by atoms with Gasteiger partial charge in [-0.25, -0.2) is 4.39 Å². The van der Waals surface area contributed by atoms with Crippen molar-refractivity contribution in [2.45, 2.75) is 12.1 Å². The number of halogens is 2. The molecule has 5 rings (SSSR count). The molecule has 0 unspecified atom stereocenters. The smallest absolute Gasteiger partial charge is 0.174 e. The van der Waals surface area contributed by atoms with E-state index in [1.165, 1.54) is 6.07 Å². The third kappa shape index (κ3) is 4.19. The van der Waals surface area contributed by atoms with Crippen LogP contribution in [-0.2, 0) is 0 Å². The first-order chi connectivity index (χ1) is 16.4. The minimum absolute atomic E-state index is 0.240. The van der Waals surface area contributed by atoms with Crippen LogP contribution in [-0.4, -0.2) is 24.2 Å². The zero-order valence-corrected chi connectivity index (χ0v) is 21.0. The molecule has 4 aromatic rings. The molecule has 3 heterocycles. The SMILES string of the molecule is CN(C)c1ccc(N2C(=S)N[C@H](c3ccccn3)[C@@H]2c2ccc(-c3ccc(Br)cc3F)o2)cc1. The molecule has 1 aliphatic rings. The van der Waals surface area contributed by atoms with E-state index in [1.807, 2.05) is 72.4 Å². The van der Waals surface area contributed by atoms with Crippen molar-refractivity contribution in [1.82, 2.24) is 10.3 Å². The van der Waals surface area contributed by atoms with Crippen LogP contribution in [0.4, 0.5) is 15.8 Å². The van der Waals surface area contributed by atoms with E-state index in [2.05, 4.69) is 26.2 Å². The van der Waals surface area contributed by atoms with Gasteiger partial charge in [0.2, 0.25) is 0 Å². The third-order valence-electron chi connectivity index (χ3n) is 5.86. The fourth-order valence-electron chi connectivity index (χ4n) is 4.18. The summed E-state index contributed by atoms with van der Waals surface area (Å²) in [5.74, 6) is 0.769. The number of aromatic nitrogens is 1. The van der Waals surface area contributed by atoms with Gasteiger partial charge < -0.3 is 19.5 Å². The Kier molecular flexibility index (Phi) is 6.10. The van der Waals surface area contributed by atoms with Crippen molar-refractivity contribution in [3.8, 4) is 11.3 Å². The molecule has 1 N–H and O–H groups in total. The fraction of sp³-hybridized carbons (Fsp3) is 0.154. The molecule has 0 aliphatic carbocycles. The van der Waals surface area contributed by atoms with Gasteiger partial charge in [0.25, 0.3) is 0 Å². The Labute approximate surface area is 211 Å². The van der Waals surface area contributed by atoms with Crippen molar-refractivity contribution in [3.05, 3.63) is 101 Å². The summed E-state index contributed by atoms with van der Waals surface area (Å²) in [5.41, 5.74) is 3.26. The summed E-state index contributed by atoms with van der Waals surface area (Å²) in [4.78, 5) is 8.64. The van der Waals surface area contributed by atoms with Crippen molar-refractivity contribution in [3.63, 3.8) is 0 Å². The molecule has 2 aromatic carbocycles. The number of pyridine rings is 1. The Morgan fingerprint density at radius 1 is 1.06 bits per heavy atom. The molecule has 1 aliphatic heterocycles. The summed E-state index contributed by atoms with van der Waals surface area (Å²) >= 11 is 9.07. The first-order valence-corrected chi connectivity index (χ1v) is 12.0. The van der Waals surface area contributed by atoms with Crippen LogP contribution >= 0.6 is 28.1 Å². The summed E-state index contributed by atoms with van der Waals surface area (Å²) in [6, 6.07) is 22.0. The zero-order chi connectivity index (χ0) is 23.8. The van der Waals surface area contributed by atoms with E-state index in [0.717, 1.165) is 17.1 Å². The Hall–Kier alpha value is -3.23. The van der Waals surface area contributed by atoms with Gasteiger partial charge in [0.1, 0.15) is 23.4 Å². The summed E-state index contributed by atoms with van der Waals surface area (Å²) in [7, 11) is 4.01. The van der Waals surface area contributed by atoms with Gasteiger partial charge in [-0.1, -0.05) is 22.0 Å². The van der Waals surface area contributed by atoms with Gasteiger partial charge in [0, 0.05) is 36.1 Å². The summed E-state index contributed by atoms with van der Waals surface area (Å²) in [6.07, 6.45) is 1.76. The summed E-state index contributed by atoms with van der Waals surface area (Å²) in [5, 5.41) is 3.99. The molecule has 0 saturated carbocycles. The largest absolute Gasteiger partial charge is 0.459 e. The Balaban J connectivity index is 1.58. The van der Waals surface area contributed by atoms with Gasteiger partial charge in [0.15, 0.2) is 5.11 Å². The molecule has 2 atom stereocenters. The quantitative estimate of drug-likeness (QED) is 0.294. The van der Waals surface area contributed by atoms with Crippen molar-refractivity contribution in [2.75, 3.05) is 23.9 Å². The predicted octanol–water partition coefficient (Wildman–Crippen LogP) is 6.49. The highest BCUT2D eigenvalue weighted by molar-refractivity contribution is 9.10. The number of thiocarbonyl (C=S) groups is 1. The highest BCUT2D eigenvalue weighted by Crippen LogP contribution is 2.43. The lowest BCUT2D eigenvalue weighted by Gasteiger charge is -2.26. The van der Waals surface area contributed by atoms with Gasteiger partial charge >= 0.3 is 0 Å². The average Bonchev–Trinajstić information content (AvgIpc) is 3.44. The van der Waals surface area contributed by atoms with Gasteiger partial charge in [-0.15, -0.1) is 0 Å². The number of anilines is 2. The highest BCUT2D eigenvalue weighted by Gasteiger charge is 2.42. The van der Waals surface area contributed by atoms with Gasteiger partial charge in [0.05, 0.1) is 17.3 Å². The van der Waals surface area contributed by atoms with Crippen LogP contribution in [0.2, 0.25) is 0 Å². The van der Waals surface area contributed by atoms with Gasteiger partial charge in [-0.05, 0) is 78.9 Å². The van der Waals surface area contributed by atoms with Crippen molar-refractivity contribution in [2.24, 2.45) is 0 Å². The molecule has 1 fully saturated rings. The zero-order valence-electron chi connectivity index (χ0n) is 18.6. The first-order valence-electron chi connectivity index (χ1n) is 10.8. The number of nitrogens with one attached hydrogen (secondary N) is 1. The number of rotatable bonds is 5. The number of furan rings is 1. The monoisotopic (exact) mass is 536 g/mol. The van der Waals surface area contributed by atoms with E-state index in [4.69, 9.17) is 16.6 Å². The maximum atomic E-state index is 14.6. The van der Waals surface area contributed by atoms with Crippen molar-refractivity contribution in [1.29, 1.82) is 0 Å². The minimum Gasteiger partial charge on any atom is -0.459 e. The number of hydrogen-bond donors (Lipinski definition) is 1. The number of benzene rings is 2. The van der Waals surface area contributed by atoms with Crippen LogP contribution in [0.1, 0.15) is 23.5 Å². The van der Waals surface area contributed by atoms with Gasteiger partial charge in [-0.2, -0.15) is 0 Å². The molecule has 0 radical (unpaired) electrons. The lowest BCUT2D eigenvalue weighted by molar-refractivity contribution is 0.438. The molecule has 5 nitrogen and oxygen atoms in total. The van der Waals surface area contributed by atoms with E-state index >= 15 is 0 Å². The maximum Gasteiger partial charge on any atom is 0.174 e. The minimum atomic E-state index is -0.354. The molecule has 0 amide bonds. The van der Waals surface area contributed by atoms with Crippen LogP contribution in [0.5, 0.6) is 0 Å². The predicted molar refractivity (Wildman–Crippen MR) is 141 cm³/mol. The Morgan fingerprint density at radius 3 is 2.53 bits per heavy atom. The topological polar surface area (TPSA) is 44.5 Å². The van der Waals surface area contributed by atoms with Crippen LogP contribution in [0.3, 0.4) is 0 Å². The normalized spacial score (nSPS) is 17.6. The van der Waals surface area contributed by atoms with Crippen molar-refractivity contribution < 1.29 is 8.81 Å².